The van der Waals surface area contributed by atoms with Gasteiger partial charge in [0, 0.05) is 18.0 Å². The molecule has 1 aromatic rings. The van der Waals surface area contributed by atoms with Gasteiger partial charge in [0.15, 0.2) is 0 Å². The van der Waals surface area contributed by atoms with E-state index in [0.717, 1.165) is 12.8 Å². The van der Waals surface area contributed by atoms with Crippen molar-refractivity contribution in [2.75, 3.05) is 0 Å². The fourth-order valence-corrected chi connectivity index (χ4v) is 1.68. The zero-order chi connectivity index (χ0) is 12.3. The maximum Gasteiger partial charge on any atom is 0.252 e. The monoisotopic (exact) mass is 233 g/mol. The van der Waals surface area contributed by atoms with Crippen LogP contribution >= 0.6 is 0 Å². The molecular weight excluding hydrogens is 218 g/mol. The maximum absolute atomic E-state index is 11.8. The summed E-state index contributed by atoms with van der Waals surface area (Å²) < 4.78 is 0. The summed E-state index contributed by atoms with van der Waals surface area (Å²) in [5.41, 5.74) is 5.76. The molecule has 5 nitrogen and oxygen atoms in total. The lowest BCUT2D eigenvalue weighted by atomic mass is 10.1. The largest absolute Gasteiger partial charge is 0.368 e. The predicted molar refractivity (Wildman–Crippen MR) is 62.0 cm³/mol. The Bertz CT molecular complexity index is 415. The number of carbonyl (C=O) groups excluding carboxylic acids is 2. The summed E-state index contributed by atoms with van der Waals surface area (Å²) >= 11 is 0. The van der Waals surface area contributed by atoms with Gasteiger partial charge in [-0.3, -0.25) is 14.6 Å². The number of hydrogen-bond donors (Lipinski definition) is 2. The third-order valence-electron chi connectivity index (χ3n) is 2.86. The number of carbonyl (C=O) groups is 2. The smallest absolute Gasteiger partial charge is 0.252 e. The Hall–Kier alpha value is -1.91. The van der Waals surface area contributed by atoms with Crippen LogP contribution in [0.25, 0.3) is 0 Å². The lowest BCUT2D eigenvalue weighted by molar-refractivity contribution is -0.120. The van der Waals surface area contributed by atoms with Crippen LogP contribution in [-0.4, -0.2) is 22.8 Å². The number of aromatic nitrogens is 1. The minimum atomic E-state index is -0.567. The topological polar surface area (TPSA) is 85.1 Å². The Morgan fingerprint density at radius 2 is 2.06 bits per heavy atom. The zero-order valence-corrected chi connectivity index (χ0v) is 9.43. The Morgan fingerprint density at radius 1 is 1.41 bits per heavy atom. The highest BCUT2D eigenvalue weighted by Crippen LogP contribution is 2.33. The molecule has 0 aliphatic heterocycles. The average molecular weight is 233 g/mol. The minimum absolute atomic E-state index is 0.281. The molecule has 1 fully saturated rings. The van der Waals surface area contributed by atoms with Crippen LogP contribution in [0.3, 0.4) is 0 Å². The average Bonchev–Trinajstić information content (AvgIpc) is 3.13. The molecule has 1 saturated carbocycles. The number of pyridine rings is 1. The fraction of sp³-hybridized carbons (Fsp3) is 0.417. The number of hydrogen-bond acceptors (Lipinski definition) is 3. The van der Waals surface area contributed by atoms with Crippen LogP contribution in [0.1, 0.15) is 29.6 Å². The van der Waals surface area contributed by atoms with Gasteiger partial charge in [-0.15, -0.1) is 0 Å². The quantitative estimate of drug-likeness (QED) is 0.775. The highest BCUT2D eigenvalue weighted by Gasteiger charge is 2.29. The van der Waals surface area contributed by atoms with Gasteiger partial charge in [0.05, 0.1) is 0 Å². The fourth-order valence-electron chi connectivity index (χ4n) is 1.68. The maximum atomic E-state index is 11.8. The first-order valence-corrected chi connectivity index (χ1v) is 5.67. The first-order valence-electron chi connectivity index (χ1n) is 5.67. The predicted octanol–water partition coefficient (Wildman–Crippen LogP) is 0.465. The molecule has 0 spiro atoms. The molecule has 90 valence electrons. The Kier molecular flexibility index (Phi) is 3.37. The van der Waals surface area contributed by atoms with E-state index in [0.29, 0.717) is 17.9 Å². The molecule has 2 rings (SSSR count). The number of nitrogens with two attached hydrogens (primary N) is 1. The van der Waals surface area contributed by atoms with Gasteiger partial charge in [-0.05, 0) is 24.5 Å². The van der Waals surface area contributed by atoms with Crippen molar-refractivity contribution in [3.05, 3.63) is 30.1 Å². The van der Waals surface area contributed by atoms with Crippen molar-refractivity contribution in [2.24, 2.45) is 11.7 Å². The van der Waals surface area contributed by atoms with Crippen molar-refractivity contribution < 1.29 is 9.59 Å². The molecule has 0 saturated heterocycles. The van der Waals surface area contributed by atoms with Crippen LogP contribution < -0.4 is 11.1 Å². The van der Waals surface area contributed by atoms with Crippen molar-refractivity contribution in [1.29, 1.82) is 0 Å². The lowest BCUT2D eigenvalue weighted by Crippen LogP contribution is -2.44. The highest BCUT2D eigenvalue weighted by atomic mass is 16.2. The minimum Gasteiger partial charge on any atom is -0.368 e. The number of nitrogens with zero attached hydrogens (tertiary/aromatic N) is 1. The van der Waals surface area contributed by atoms with Gasteiger partial charge in [-0.25, -0.2) is 0 Å². The summed E-state index contributed by atoms with van der Waals surface area (Å²) in [6.45, 7) is 0. The van der Waals surface area contributed by atoms with Gasteiger partial charge in [0.1, 0.15) is 6.04 Å². The lowest BCUT2D eigenvalue weighted by Gasteiger charge is -2.14. The molecule has 0 bridgehead atoms. The molecule has 1 aliphatic rings. The van der Waals surface area contributed by atoms with E-state index in [2.05, 4.69) is 10.3 Å². The first-order chi connectivity index (χ1) is 8.16. The van der Waals surface area contributed by atoms with Gasteiger partial charge in [0.2, 0.25) is 5.91 Å². The normalized spacial score (nSPS) is 16.2. The zero-order valence-electron chi connectivity index (χ0n) is 9.43. The molecular formula is C12H15N3O2. The van der Waals surface area contributed by atoms with Crippen molar-refractivity contribution in [1.82, 2.24) is 10.3 Å². The highest BCUT2D eigenvalue weighted by molar-refractivity contribution is 5.97. The Labute approximate surface area is 99.4 Å². The molecule has 0 unspecified atom stereocenters. The van der Waals surface area contributed by atoms with Gasteiger partial charge in [-0.2, -0.15) is 0 Å². The van der Waals surface area contributed by atoms with E-state index < -0.39 is 11.9 Å². The van der Waals surface area contributed by atoms with E-state index in [1.807, 2.05) is 0 Å². The molecule has 0 radical (unpaired) electrons. The van der Waals surface area contributed by atoms with Gasteiger partial charge >= 0.3 is 0 Å². The van der Waals surface area contributed by atoms with E-state index in [9.17, 15) is 9.59 Å². The summed E-state index contributed by atoms with van der Waals surface area (Å²) in [5, 5.41) is 2.66. The van der Waals surface area contributed by atoms with E-state index >= 15 is 0 Å². The second-order valence-corrected chi connectivity index (χ2v) is 4.34. The van der Waals surface area contributed by atoms with Crippen molar-refractivity contribution in [3.8, 4) is 0 Å². The molecule has 0 aromatic carbocycles. The standard InChI is InChI=1S/C12H15N3O2/c13-11(16)10(7-8-1-2-8)15-12(17)9-3-5-14-6-4-9/h3-6,8,10H,1-2,7H2,(H2,13,16)(H,15,17)/t10-/m1/s1. The summed E-state index contributed by atoms with van der Waals surface area (Å²) in [4.78, 5) is 26.9. The van der Waals surface area contributed by atoms with Gasteiger partial charge in [-0.1, -0.05) is 12.8 Å². The molecule has 17 heavy (non-hydrogen) atoms. The third-order valence-corrected chi connectivity index (χ3v) is 2.86. The van der Waals surface area contributed by atoms with Gasteiger partial charge in [0.25, 0.3) is 5.91 Å². The van der Waals surface area contributed by atoms with Crippen molar-refractivity contribution >= 4 is 11.8 Å². The summed E-state index contributed by atoms with van der Waals surface area (Å²) in [6.07, 6.45) is 5.96. The first kappa shape index (κ1) is 11.6. The Balaban J connectivity index is 1.97. The van der Waals surface area contributed by atoms with Crippen molar-refractivity contribution in [3.63, 3.8) is 0 Å². The molecule has 2 amide bonds. The second-order valence-electron chi connectivity index (χ2n) is 4.34. The molecule has 1 heterocycles. The van der Waals surface area contributed by atoms with Crippen LogP contribution in [0.2, 0.25) is 0 Å². The number of rotatable bonds is 5. The molecule has 1 atom stereocenters. The summed E-state index contributed by atoms with van der Waals surface area (Å²) in [6, 6.07) is 2.64. The number of nitrogens with one attached hydrogen (secondary N) is 1. The van der Waals surface area contributed by atoms with Crippen LogP contribution in [0, 0.1) is 5.92 Å². The summed E-state index contributed by atoms with van der Waals surface area (Å²) in [5.74, 6) is -0.221. The molecule has 3 N–H and O–H groups in total. The van der Waals surface area contributed by atoms with Crippen LogP contribution in [0.4, 0.5) is 0 Å². The molecule has 1 aliphatic carbocycles. The summed E-state index contributed by atoms with van der Waals surface area (Å²) in [7, 11) is 0. The van der Waals surface area contributed by atoms with Crippen LogP contribution in [-0.2, 0) is 4.79 Å². The van der Waals surface area contributed by atoms with E-state index in [1.165, 1.54) is 12.4 Å². The number of amides is 2. The molecule has 5 heteroatoms. The van der Waals surface area contributed by atoms with Crippen LogP contribution in [0.15, 0.2) is 24.5 Å². The van der Waals surface area contributed by atoms with Gasteiger partial charge < -0.3 is 11.1 Å². The Morgan fingerprint density at radius 3 is 2.59 bits per heavy atom. The van der Waals surface area contributed by atoms with Crippen molar-refractivity contribution in [2.45, 2.75) is 25.3 Å². The third kappa shape index (κ3) is 3.27. The SMILES string of the molecule is NC(=O)[C@@H](CC1CC1)NC(=O)c1ccncc1. The molecule has 1 aromatic heterocycles. The number of primary amides is 1. The van der Waals surface area contributed by atoms with Crippen LogP contribution in [0.5, 0.6) is 0 Å². The van der Waals surface area contributed by atoms with E-state index in [4.69, 9.17) is 5.73 Å². The van der Waals surface area contributed by atoms with E-state index in [-0.39, 0.29) is 5.91 Å². The van der Waals surface area contributed by atoms with E-state index in [1.54, 1.807) is 12.1 Å². The second kappa shape index (κ2) is 4.95.